The third-order valence-corrected chi connectivity index (χ3v) is 3.49. The van der Waals surface area contributed by atoms with Crippen LogP contribution in [0.15, 0.2) is 0 Å². The first kappa shape index (κ1) is 15.9. The van der Waals surface area contributed by atoms with Gasteiger partial charge in [-0.2, -0.15) is 0 Å². The molecule has 0 spiro atoms. The Morgan fingerprint density at radius 2 is 1.56 bits per heavy atom. The minimum absolute atomic E-state index is 0.0965. The molecule has 16 heavy (non-hydrogen) atoms. The SMILES string of the molecule is CCCCC(CO)(CCC)C(O)C(C)(C)C. The Labute approximate surface area is 101 Å². The van der Waals surface area contributed by atoms with Crippen molar-refractivity contribution in [2.75, 3.05) is 6.61 Å². The van der Waals surface area contributed by atoms with Gasteiger partial charge < -0.3 is 10.2 Å². The first-order valence-corrected chi connectivity index (χ1v) is 6.63. The molecule has 0 saturated carbocycles. The van der Waals surface area contributed by atoms with E-state index in [1.807, 2.05) is 20.8 Å². The Balaban J connectivity index is 4.86. The summed E-state index contributed by atoms with van der Waals surface area (Å²) in [4.78, 5) is 0. The standard InChI is InChI=1S/C14H30O2/c1-6-8-10-14(11-15,9-7-2)12(16)13(3,4)5/h12,15-16H,6-11H2,1-5H3. The average Bonchev–Trinajstić information content (AvgIpc) is 2.22. The summed E-state index contributed by atoms with van der Waals surface area (Å²) < 4.78 is 0. The maximum Gasteiger partial charge on any atom is 0.0666 e. The zero-order chi connectivity index (χ0) is 12.8. The molecule has 0 heterocycles. The fourth-order valence-corrected chi connectivity index (χ4v) is 2.59. The number of rotatable bonds is 7. The number of hydrogen-bond donors (Lipinski definition) is 2. The normalized spacial score (nSPS) is 18.2. The molecule has 0 aliphatic rings. The molecule has 0 fully saturated rings. The Morgan fingerprint density at radius 3 is 1.88 bits per heavy atom. The van der Waals surface area contributed by atoms with Gasteiger partial charge in [0.1, 0.15) is 0 Å². The highest BCUT2D eigenvalue weighted by Crippen LogP contribution is 2.41. The molecular formula is C14H30O2. The van der Waals surface area contributed by atoms with Crippen molar-refractivity contribution < 1.29 is 10.2 Å². The predicted molar refractivity (Wildman–Crippen MR) is 69.4 cm³/mol. The molecule has 0 aliphatic heterocycles. The van der Waals surface area contributed by atoms with Gasteiger partial charge in [-0.3, -0.25) is 0 Å². The van der Waals surface area contributed by atoms with E-state index in [1.165, 1.54) is 0 Å². The van der Waals surface area contributed by atoms with Gasteiger partial charge in [0.05, 0.1) is 12.7 Å². The number of unbranched alkanes of at least 4 members (excludes halogenated alkanes) is 1. The van der Waals surface area contributed by atoms with Crippen LogP contribution in [0.4, 0.5) is 0 Å². The molecule has 0 bridgehead atoms. The zero-order valence-electron chi connectivity index (χ0n) is 11.7. The van der Waals surface area contributed by atoms with Crippen LogP contribution in [0.1, 0.15) is 66.7 Å². The lowest BCUT2D eigenvalue weighted by molar-refractivity contribution is -0.0873. The van der Waals surface area contributed by atoms with Crippen molar-refractivity contribution in [3.63, 3.8) is 0 Å². The summed E-state index contributed by atoms with van der Waals surface area (Å²) in [5, 5.41) is 20.2. The van der Waals surface area contributed by atoms with Gasteiger partial charge in [-0.1, -0.05) is 53.9 Å². The van der Waals surface area contributed by atoms with Crippen LogP contribution < -0.4 is 0 Å². The first-order chi connectivity index (χ1) is 7.34. The monoisotopic (exact) mass is 230 g/mol. The van der Waals surface area contributed by atoms with Gasteiger partial charge in [0.25, 0.3) is 0 Å². The van der Waals surface area contributed by atoms with Crippen molar-refractivity contribution in [2.45, 2.75) is 72.8 Å². The van der Waals surface area contributed by atoms with Crippen molar-refractivity contribution in [2.24, 2.45) is 10.8 Å². The molecule has 2 N–H and O–H groups in total. The lowest BCUT2D eigenvalue weighted by Gasteiger charge is -2.43. The van der Waals surface area contributed by atoms with Crippen molar-refractivity contribution >= 4 is 0 Å². The topological polar surface area (TPSA) is 40.5 Å². The van der Waals surface area contributed by atoms with Crippen LogP contribution in [-0.4, -0.2) is 22.9 Å². The zero-order valence-corrected chi connectivity index (χ0v) is 11.7. The van der Waals surface area contributed by atoms with E-state index >= 15 is 0 Å². The van der Waals surface area contributed by atoms with E-state index in [2.05, 4.69) is 13.8 Å². The molecule has 2 heteroatoms. The molecule has 0 amide bonds. The molecule has 0 aromatic rings. The minimum Gasteiger partial charge on any atom is -0.396 e. The summed E-state index contributed by atoms with van der Waals surface area (Å²) >= 11 is 0. The van der Waals surface area contributed by atoms with E-state index in [0.717, 1.165) is 32.1 Å². The van der Waals surface area contributed by atoms with E-state index in [9.17, 15) is 10.2 Å². The quantitative estimate of drug-likeness (QED) is 0.704. The molecule has 0 aromatic heterocycles. The summed E-state index contributed by atoms with van der Waals surface area (Å²) in [7, 11) is 0. The molecule has 2 atom stereocenters. The second-order valence-corrected chi connectivity index (χ2v) is 6.14. The average molecular weight is 230 g/mol. The lowest BCUT2D eigenvalue weighted by atomic mass is 9.66. The summed E-state index contributed by atoms with van der Waals surface area (Å²) in [6.45, 7) is 10.5. The van der Waals surface area contributed by atoms with Gasteiger partial charge >= 0.3 is 0 Å². The minimum atomic E-state index is -0.434. The fourth-order valence-electron chi connectivity index (χ4n) is 2.59. The first-order valence-electron chi connectivity index (χ1n) is 6.63. The highest BCUT2D eigenvalue weighted by molar-refractivity contribution is 4.92. The second-order valence-electron chi connectivity index (χ2n) is 6.14. The van der Waals surface area contributed by atoms with Crippen LogP contribution in [-0.2, 0) is 0 Å². The van der Waals surface area contributed by atoms with Gasteiger partial charge in [-0.25, -0.2) is 0 Å². The largest absolute Gasteiger partial charge is 0.396 e. The van der Waals surface area contributed by atoms with E-state index < -0.39 is 6.10 Å². The third-order valence-electron chi connectivity index (χ3n) is 3.49. The molecule has 0 rings (SSSR count). The molecule has 0 saturated heterocycles. The van der Waals surface area contributed by atoms with E-state index in [0.29, 0.717) is 0 Å². The van der Waals surface area contributed by atoms with Crippen molar-refractivity contribution in [3.8, 4) is 0 Å². The van der Waals surface area contributed by atoms with Gasteiger partial charge in [0.15, 0.2) is 0 Å². The van der Waals surface area contributed by atoms with Crippen LogP contribution in [0.3, 0.4) is 0 Å². The molecule has 0 aliphatic carbocycles. The summed E-state index contributed by atoms with van der Waals surface area (Å²) in [6.07, 6.45) is 4.60. The lowest BCUT2D eigenvalue weighted by Crippen LogP contribution is -2.46. The maximum atomic E-state index is 10.5. The van der Waals surface area contributed by atoms with Crippen LogP contribution in [0, 0.1) is 10.8 Å². The third kappa shape index (κ3) is 4.06. The Morgan fingerprint density at radius 1 is 1.00 bits per heavy atom. The van der Waals surface area contributed by atoms with Crippen LogP contribution in [0.2, 0.25) is 0 Å². The van der Waals surface area contributed by atoms with E-state index in [4.69, 9.17) is 0 Å². The van der Waals surface area contributed by atoms with Gasteiger partial charge in [0, 0.05) is 5.41 Å². The van der Waals surface area contributed by atoms with E-state index in [-0.39, 0.29) is 17.4 Å². The van der Waals surface area contributed by atoms with Crippen molar-refractivity contribution in [1.29, 1.82) is 0 Å². The molecule has 2 unspecified atom stereocenters. The molecular weight excluding hydrogens is 200 g/mol. The summed E-state index contributed by atoms with van der Waals surface area (Å²) in [5.41, 5.74) is -0.464. The molecule has 0 aromatic carbocycles. The Hall–Kier alpha value is -0.0800. The van der Waals surface area contributed by atoms with Crippen molar-refractivity contribution in [1.82, 2.24) is 0 Å². The highest BCUT2D eigenvalue weighted by Gasteiger charge is 2.42. The highest BCUT2D eigenvalue weighted by atomic mass is 16.3. The number of hydrogen-bond acceptors (Lipinski definition) is 2. The number of aliphatic hydroxyl groups excluding tert-OH is 2. The van der Waals surface area contributed by atoms with Crippen LogP contribution in [0.25, 0.3) is 0 Å². The molecule has 0 radical (unpaired) electrons. The molecule has 98 valence electrons. The van der Waals surface area contributed by atoms with Crippen LogP contribution >= 0.6 is 0 Å². The fraction of sp³-hybridized carbons (Fsp3) is 1.00. The summed E-state index contributed by atoms with van der Waals surface area (Å²) in [5.74, 6) is 0. The summed E-state index contributed by atoms with van der Waals surface area (Å²) in [6, 6.07) is 0. The van der Waals surface area contributed by atoms with Gasteiger partial charge in [-0.15, -0.1) is 0 Å². The second kappa shape index (κ2) is 6.61. The number of aliphatic hydroxyl groups is 2. The van der Waals surface area contributed by atoms with Gasteiger partial charge in [0.2, 0.25) is 0 Å². The maximum absolute atomic E-state index is 10.5. The van der Waals surface area contributed by atoms with Crippen molar-refractivity contribution in [3.05, 3.63) is 0 Å². The molecule has 2 nitrogen and oxygen atoms in total. The van der Waals surface area contributed by atoms with E-state index in [1.54, 1.807) is 0 Å². The Kier molecular flexibility index (Phi) is 6.57. The smallest absolute Gasteiger partial charge is 0.0666 e. The Bertz CT molecular complexity index is 184. The predicted octanol–water partition coefficient (Wildman–Crippen LogP) is 3.36. The van der Waals surface area contributed by atoms with Gasteiger partial charge in [-0.05, 0) is 18.3 Å². The van der Waals surface area contributed by atoms with Crippen LogP contribution in [0.5, 0.6) is 0 Å².